The van der Waals surface area contributed by atoms with Crippen molar-refractivity contribution in [2.75, 3.05) is 13.2 Å². The van der Waals surface area contributed by atoms with Gasteiger partial charge in [-0.3, -0.25) is 0 Å². The fraction of sp³-hybridized carbons (Fsp3) is 1.00. The number of hydrogen-bond acceptors (Lipinski definition) is 3. The molecule has 21 heavy (non-hydrogen) atoms. The van der Waals surface area contributed by atoms with E-state index < -0.39 is 0 Å². The molecule has 0 amide bonds. The Morgan fingerprint density at radius 2 is 1.90 bits per heavy atom. The molecular weight excluding hydrogens is 262 g/mol. The van der Waals surface area contributed by atoms with E-state index in [9.17, 15) is 5.11 Å². The Bertz CT molecular complexity index is 359. The van der Waals surface area contributed by atoms with Crippen molar-refractivity contribution in [1.29, 1.82) is 0 Å². The first-order chi connectivity index (χ1) is 9.92. The van der Waals surface area contributed by atoms with E-state index in [1.807, 2.05) is 0 Å². The normalized spacial score (nSPS) is 40.0. The molecule has 3 rings (SSSR count). The smallest absolute Gasteiger partial charge is 0.0897 e. The zero-order valence-electron chi connectivity index (χ0n) is 14.0. The molecule has 3 heteroatoms. The largest absolute Gasteiger partial charge is 0.389 e. The topological polar surface area (TPSA) is 41.5 Å². The van der Waals surface area contributed by atoms with Crippen LogP contribution in [0.1, 0.15) is 65.7 Å². The number of aliphatic hydroxyl groups excluding tert-OH is 1. The molecule has 0 spiro atoms. The first-order valence-electron chi connectivity index (χ1n) is 8.95. The van der Waals surface area contributed by atoms with Crippen LogP contribution in [0.15, 0.2) is 0 Å². The molecule has 3 aliphatic rings. The number of fused-ring (bicyclic) bond motifs is 2. The Morgan fingerprint density at radius 1 is 1.19 bits per heavy atom. The third kappa shape index (κ3) is 3.02. The van der Waals surface area contributed by atoms with E-state index in [1.54, 1.807) is 0 Å². The summed E-state index contributed by atoms with van der Waals surface area (Å²) in [6.45, 7) is 8.26. The number of nitrogens with one attached hydrogen (secondary N) is 1. The van der Waals surface area contributed by atoms with Crippen LogP contribution >= 0.6 is 0 Å². The van der Waals surface area contributed by atoms with Crippen LogP contribution in [0.2, 0.25) is 0 Å². The quantitative estimate of drug-likeness (QED) is 0.791. The van der Waals surface area contributed by atoms with Crippen LogP contribution in [0.3, 0.4) is 0 Å². The van der Waals surface area contributed by atoms with E-state index in [4.69, 9.17) is 4.74 Å². The highest BCUT2D eigenvalue weighted by atomic mass is 16.5. The maximum Gasteiger partial charge on any atom is 0.0897 e. The van der Waals surface area contributed by atoms with Gasteiger partial charge in [0.05, 0.1) is 18.8 Å². The lowest BCUT2D eigenvalue weighted by atomic mass is 9.70. The second-order valence-electron chi connectivity index (χ2n) is 8.67. The second-order valence-corrected chi connectivity index (χ2v) is 8.67. The van der Waals surface area contributed by atoms with Crippen LogP contribution in [0.25, 0.3) is 0 Å². The van der Waals surface area contributed by atoms with Crippen LogP contribution < -0.4 is 5.32 Å². The molecule has 0 aromatic heterocycles. The molecule has 2 N–H and O–H groups in total. The van der Waals surface area contributed by atoms with E-state index >= 15 is 0 Å². The fourth-order valence-electron chi connectivity index (χ4n) is 5.37. The molecule has 0 saturated heterocycles. The molecule has 2 bridgehead atoms. The fourth-order valence-corrected chi connectivity index (χ4v) is 5.37. The van der Waals surface area contributed by atoms with Crippen molar-refractivity contribution in [1.82, 2.24) is 5.32 Å². The van der Waals surface area contributed by atoms with E-state index in [-0.39, 0.29) is 11.5 Å². The van der Waals surface area contributed by atoms with Gasteiger partial charge in [0.25, 0.3) is 0 Å². The average molecular weight is 295 g/mol. The Labute approximate surface area is 129 Å². The van der Waals surface area contributed by atoms with E-state index in [0.717, 1.165) is 5.92 Å². The summed E-state index contributed by atoms with van der Waals surface area (Å²) in [5.41, 5.74) is 0.609. The van der Waals surface area contributed by atoms with Gasteiger partial charge in [-0.25, -0.2) is 0 Å². The Balaban J connectivity index is 1.46. The van der Waals surface area contributed by atoms with Gasteiger partial charge in [0.1, 0.15) is 0 Å². The molecule has 0 aromatic carbocycles. The van der Waals surface area contributed by atoms with Gasteiger partial charge in [0.2, 0.25) is 0 Å². The lowest BCUT2D eigenvalue weighted by molar-refractivity contribution is -0.110. The highest BCUT2D eigenvalue weighted by molar-refractivity contribution is 5.09. The van der Waals surface area contributed by atoms with Gasteiger partial charge in [0.15, 0.2) is 0 Å². The van der Waals surface area contributed by atoms with Crippen molar-refractivity contribution >= 4 is 0 Å². The Morgan fingerprint density at radius 3 is 2.52 bits per heavy atom. The summed E-state index contributed by atoms with van der Waals surface area (Å²) < 4.78 is 6.24. The van der Waals surface area contributed by atoms with Gasteiger partial charge < -0.3 is 15.2 Å². The predicted molar refractivity (Wildman–Crippen MR) is 85.2 cm³/mol. The van der Waals surface area contributed by atoms with Gasteiger partial charge in [0, 0.05) is 12.6 Å². The molecule has 3 nitrogen and oxygen atoms in total. The minimum Gasteiger partial charge on any atom is -0.389 e. The summed E-state index contributed by atoms with van der Waals surface area (Å²) >= 11 is 0. The SMILES string of the molecule is CC1(C)[C@H]2CC[C@@](C)(C2)[C@@H]1OC[C@H](O)CNC1CCCC1. The van der Waals surface area contributed by atoms with Crippen molar-refractivity contribution in [3.05, 3.63) is 0 Å². The molecule has 0 aromatic rings. The predicted octanol–water partition coefficient (Wildman–Crippen LogP) is 3.11. The number of aliphatic hydroxyl groups is 1. The van der Waals surface area contributed by atoms with E-state index in [0.29, 0.717) is 30.7 Å². The van der Waals surface area contributed by atoms with Crippen molar-refractivity contribution in [3.8, 4) is 0 Å². The summed E-state index contributed by atoms with van der Waals surface area (Å²) in [5.74, 6) is 0.807. The third-order valence-electron chi connectivity index (χ3n) is 6.59. The summed E-state index contributed by atoms with van der Waals surface area (Å²) in [6.07, 6.45) is 9.10. The maximum absolute atomic E-state index is 10.2. The first-order valence-corrected chi connectivity index (χ1v) is 8.95. The maximum atomic E-state index is 10.2. The molecular formula is C18H33NO2. The highest BCUT2D eigenvalue weighted by Crippen LogP contribution is 2.63. The lowest BCUT2D eigenvalue weighted by Gasteiger charge is -2.42. The van der Waals surface area contributed by atoms with Gasteiger partial charge in [-0.2, -0.15) is 0 Å². The Hall–Kier alpha value is -0.120. The summed E-state index contributed by atoms with van der Waals surface area (Å²) in [7, 11) is 0. The second kappa shape index (κ2) is 5.82. The zero-order chi connectivity index (χ0) is 15.1. The van der Waals surface area contributed by atoms with Crippen molar-refractivity contribution in [2.24, 2.45) is 16.7 Å². The minimum absolute atomic E-state index is 0.269. The average Bonchev–Trinajstić information content (AvgIpc) is 3.09. The summed E-state index contributed by atoms with van der Waals surface area (Å²) in [5, 5.41) is 13.7. The number of rotatable bonds is 6. The van der Waals surface area contributed by atoms with Gasteiger partial charge >= 0.3 is 0 Å². The van der Waals surface area contributed by atoms with Crippen LogP contribution in [-0.2, 0) is 4.74 Å². The molecule has 4 atom stereocenters. The zero-order valence-corrected chi connectivity index (χ0v) is 14.0. The lowest BCUT2D eigenvalue weighted by Crippen LogP contribution is -2.45. The van der Waals surface area contributed by atoms with E-state index in [1.165, 1.54) is 44.9 Å². The van der Waals surface area contributed by atoms with Crippen molar-refractivity contribution in [3.63, 3.8) is 0 Å². The molecule has 0 unspecified atom stereocenters. The van der Waals surface area contributed by atoms with E-state index in [2.05, 4.69) is 26.1 Å². The van der Waals surface area contributed by atoms with Crippen molar-refractivity contribution in [2.45, 2.75) is 84.0 Å². The number of ether oxygens (including phenoxy) is 1. The number of hydrogen-bond donors (Lipinski definition) is 2. The van der Waals surface area contributed by atoms with Gasteiger partial charge in [-0.1, -0.05) is 33.6 Å². The molecule has 3 fully saturated rings. The molecule has 122 valence electrons. The Kier molecular flexibility index (Phi) is 4.37. The van der Waals surface area contributed by atoms with Crippen LogP contribution in [0.5, 0.6) is 0 Å². The highest BCUT2D eigenvalue weighted by Gasteiger charge is 2.60. The molecule has 0 heterocycles. The van der Waals surface area contributed by atoms with Crippen molar-refractivity contribution < 1.29 is 9.84 Å². The van der Waals surface area contributed by atoms with Crippen LogP contribution in [-0.4, -0.2) is 36.5 Å². The summed E-state index contributed by atoms with van der Waals surface area (Å²) in [4.78, 5) is 0. The molecule has 0 aliphatic heterocycles. The van der Waals surface area contributed by atoms with Crippen LogP contribution in [0, 0.1) is 16.7 Å². The minimum atomic E-state index is -0.371. The molecule has 3 saturated carbocycles. The van der Waals surface area contributed by atoms with Gasteiger partial charge in [-0.05, 0) is 48.9 Å². The monoisotopic (exact) mass is 295 g/mol. The third-order valence-corrected chi connectivity index (χ3v) is 6.59. The van der Waals surface area contributed by atoms with Crippen LogP contribution in [0.4, 0.5) is 0 Å². The molecule has 0 radical (unpaired) electrons. The first kappa shape index (κ1) is 15.8. The molecule has 3 aliphatic carbocycles. The summed E-state index contributed by atoms with van der Waals surface area (Å²) in [6, 6.07) is 0.621. The van der Waals surface area contributed by atoms with Gasteiger partial charge in [-0.15, -0.1) is 0 Å². The standard InChI is InChI=1S/C18H33NO2/c1-17(2)13-8-9-18(3,10-13)16(17)21-12-15(20)11-19-14-6-4-5-7-14/h13-16,19-20H,4-12H2,1-3H3/t13-,15+,16+,18-/m0/s1.